The molecular weight excluding hydrogens is 230 g/mol. The van der Waals surface area contributed by atoms with Gasteiger partial charge >= 0.3 is 0 Å². The first-order valence-corrected chi connectivity index (χ1v) is 4.46. The van der Waals surface area contributed by atoms with E-state index in [1.54, 1.807) is 0 Å². The SMILES string of the molecule is [2H]c1c(Br)nc(C2([2H])C([2H])([2H])COCC2([2H])[2H])c([2H])c1[2H]. The van der Waals surface area contributed by atoms with Crippen LogP contribution in [-0.2, 0) is 4.74 Å². The van der Waals surface area contributed by atoms with E-state index >= 15 is 0 Å². The molecule has 0 saturated carbocycles. The second-order valence-electron chi connectivity index (χ2n) is 2.35. The molecule has 0 aromatic carbocycles. The molecule has 2 rings (SSSR count). The Morgan fingerprint density at radius 2 is 2.38 bits per heavy atom. The summed E-state index contributed by atoms with van der Waals surface area (Å²) < 4.78 is 68.0. The lowest BCUT2D eigenvalue weighted by atomic mass is 9.96. The van der Waals surface area contributed by atoms with Crippen LogP contribution in [0.15, 0.2) is 22.7 Å². The molecule has 1 fully saturated rings. The van der Waals surface area contributed by atoms with E-state index < -0.39 is 49.6 Å². The lowest BCUT2D eigenvalue weighted by Gasteiger charge is -2.21. The predicted octanol–water partition coefficient (Wildman–Crippen LogP) is 2.74. The maximum Gasteiger partial charge on any atom is 0.106 e. The van der Waals surface area contributed by atoms with Gasteiger partial charge in [-0.1, -0.05) is 6.04 Å². The Kier molecular flexibility index (Phi) is 1.17. The van der Waals surface area contributed by atoms with Crippen molar-refractivity contribution in [1.29, 1.82) is 0 Å². The van der Waals surface area contributed by atoms with Crippen LogP contribution in [0.4, 0.5) is 0 Å². The van der Waals surface area contributed by atoms with Gasteiger partial charge in [0.15, 0.2) is 0 Å². The third-order valence-corrected chi connectivity index (χ3v) is 1.87. The molecule has 0 unspecified atom stereocenters. The van der Waals surface area contributed by atoms with Gasteiger partial charge in [0.05, 0.1) is 4.11 Å². The van der Waals surface area contributed by atoms with Gasteiger partial charge in [-0.3, -0.25) is 0 Å². The quantitative estimate of drug-likeness (QED) is 0.715. The largest absolute Gasteiger partial charge is 0.381 e. The van der Waals surface area contributed by atoms with E-state index in [1.165, 1.54) is 0 Å². The molecule has 0 bridgehead atoms. The highest BCUT2D eigenvalue weighted by atomic mass is 79.9. The first-order chi connectivity index (χ1) is 9.46. The third kappa shape index (κ3) is 2.29. The summed E-state index contributed by atoms with van der Waals surface area (Å²) in [5.74, 6) is -2.51. The van der Waals surface area contributed by atoms with Crippen LogP contribution in [0.25, 0.3) is 0 Å². The minimum absolute atomic E-state index is 0.122. The Bertz CT molecular complexity index is 577. The van der Waals surface area contributed by atoms with Gasteiger partial charge in [0.2, 0.25) is 0 Å². The van der Waals surface area contributed by atoms with Crippen molar-refractivity contribution in [3.8, 4) is 0 Å². The van der Waals surface area contributed by atoms with Crippen LogP contribution in [0.3, 0.4) is 0 Å². The van der Waals surface area contributed by atoms with E-state index in [0.29, 0.717) is 0 Å². The summed E-state index contributed by atoms with van der Waals surface area (Å²) in [5.41, 5.74) is -0.506. The summed E-state index contributed by atoms with van der Waals surface area (Å²) in [7, 11) is 0. The first kappa shape index (κ1) is 3.63. The van der Waals surface area contributed by atoms with Crippen molar-refractivity contribution in [3.63, 3.8) is 0 Å². The van der Waals surface area contributed by atoms with Crippen molar-refractivity contribution in [3.05, 3.63) is 28.4 Å². The molecule has 0 N–H and O–H groups in total. The van der Waals surface area contributed by atoms with Crippen molar-refractivity contribution in [2.75, 3.05) is 13.2 Å². The van der Waals surface area contributed by atoms with Gasteiger partial charge < -0.3 is 4.74 Å². The van der Waals surface area contributed by atoms with Gasteiger partial charge in [0, 0.05) is 31.7 Å². The van der Waals surface area contributed by atoms with Gasteiger partial charge in [-0.15, -0.1) is 0 Å². The second kappa shape index (κ2) is 4.20. The van der Waals surface area contributed by atoms with Gasteiger partial charge in [-0.05, 0) is 40.8 Å². The zero-order valence-corrected chi connectivity index (χ0v) is 8.23. The topological polar surface area (TPSA) is 22.1 Å². The molecule has 1 aromatic rings. The molecule has 3 heteroatoms. The number of halogens is 1. The van der Waals surface area contributed by atoms with Crippen LogP contribution < -0.4 is 0 Å². The third-order valence-electron chi connectivity index (χ3n) is 1.50. The molecule has 0 amide bonds. The maximum absolute atomic E-state index is 8.39. The van der Waals surface area contributed by atoms with Crippen molar-refractivity contribution in [2.45, 2.75) is 18.6 Å². The van der Waals surface area contributed by atoms with E-state index in [2.05, 4.69) is 20.9 Å². The molecule has 2 nitrogen and oxygen atoms in total. The van der Waals surface area contributed by atoms with Crippen molar-refractivity contribution < 1.29 is 15.7 Å². The van der Waals surface area contributed by atoms with Crippen LogP contribution in [0, 0.1) is 0 Å². The molecule has 0 atom stereocenters. The number of hydrogen-bond acceptors (Lipinski definition) is 2. The smallest absolute Gasteiger partial charge is 0.106 e. The van der Waals surface area contributed by atoms with E-state index in [4.69, 9.17) is 15.7 Å². The van der Waals surface area contributed by atoms with Gasteiger partial charge in [0.25, 0.3) is 0 Å². The van der Waals surface area contributed by atoms with Gasteiger partial charge in [0.1, 0.15) is 4.60 Å². The number of rotatable bonds is 1. The zero-order valence-electron chi connectivity index (χ0n) is 14.6. The Hall–Kier alpha value is -0.410. The fourth-order valence-corrected chi connectivity index (χ4v) is 1.22. The monoisotopic (exact) mass is 249 g/mol. The van der Waals surface area contributed by atoms with Gasteiger partial charge in [-0.2, -0.15) is 0 Å². The summed E-state index contributed by atoms with van der Waals surface area (Å²) in [6, 6.07) is -1.51. The van der Waals surface area contributed by atoms with E-state index in [-0.39, 0.29) is 10.6 Å². The summed E-state index contributed by atoms with van der Waals surface area (Å²) in [5, 5.41) is 0. The Balaban J connectivity index is 2.78. The summed E-state index contributed by atoms with van der Waals surface area (Å²) in [6.07, 6.45) is -4.88. The zero-order chi connectivity index (χ0) is 16.2. The number of aromatic nitrogens is 1. The van der Waals surface area contributed by atoms with Crippen molar-refractivity contribution in [1.82, 2.24) is 4.98 Å². The lowest BCUT2D eigenvalue weighted by Crippen LogP contribution is -2.15. The number of hydrogen-bond donors (Lipinski definition) is 0. The molecule has 1 aliphatic heterocycles. The first-order valence-electron chi connectivity index (χ1n) is 7.67. The van der Waals surface area contributed by atoms with Crippen molar-refractivity contribution in [2.24, 2.45) is 0 Å². The van der Waals surface area contributed by atoms with Crippen LogP contribution in [0.2, 0.25) is 0 Å². The van der Waals surface area contributed by atoms with Crippen molar-refractivity contribution >= 4 is 15.9 Å². The molecule has 70 valence electrons. The molecule has 13 heavy (non-hydrogen) atoms. The summed E-state index contributed by atoms with van der Waals surface area (Å²) >= 11 is 2.94. The van der Waals surface area contributed by atoms with Crippen LogP contribution >= 0.6 is 15.9 Å². The molecule has 2 heterocycles. The molecule has 0 radical (unpaired) electrons. The highest BCUT2D eigenvalue weighted by Gasteiger charge is 2.16. The Labute approximate surface area is 97.7 Å². The predicted molar refractivity (Wildman–Crippen MR) is 54.7 cm³/mol. The maximum atomic E-state index is 8.39. The fourth-order valence-electron chi connectivity index (χ4n) is 0.942. The Morgan fingerprint density at radius 3 is 3.15 bits per heavy atom. The lowest BCUT2D eigenvalue weighted by molar-refractivity contribution is 0.0845. The molecule has 1 aromatic heterocycles. The second-order valence-corrected chi connectivity index (χ2v) is 3.10. The highest BCUT2D eigenvalue weighted by molar-refractivity contribution is 9.10. The minimum atomic E-state index is -2.51. The summed E-state index contributed by atoms with van der Waals surface area (Å²) in [6.45, 7) is -1.02. The Morgan fingerprint density at radius 1 is 1.62 bits per heavy atom. The molecular formula is C10H12BrNO. The highest BCUT2D eigenvalue weighted by Crippen LogP contribution is 2.25. The standard InChI is InChI=1S/C10H12BrNO/c11-10-3-1-2-9(12-10)8-4-6-13-7-5-8/h1-3,8H,4-7H2/i1D,2D,3D,4D2,5D2,8D. The average Bonchev–Trinajstić information content (AvgIpc) is 2.37. The van der Waals surface area contributed by atoms with Crippen LogP contribution in [0.1, 0.15) is 35.3 Å². The van der Waals surface area contributed by atoms with Crippen LogP contribution in [-0.4, -0.2) is 18.2 Å². The fraction of sp³-hybridized carbons (Fsp3) is 0.500. The van der Waals surface area contributed by atoms with E-state index in [0.717, 1.165) is 0 Å². The summed E-state index contributed by atoms with van der Waals surface area (Å²) in [4.78, 5) is 3.82. The average molecular weight is 250 g/mol. The number of ether oxygens (including phenoxy) is 1. The van der Waals surface area contributed by atoms with E-state index in [1.807, 2.05) is 0 Å². The number of pyridine rings is 1. The molecule has 1 saturated heterocycles. The van der Waals surface area contributed by atoms with E-state index in [9.17, 15) is 0 Å². The normalized spacial score (nSPS) is 37.9. The van der Waals surface area contributed by atoms with Gasteiger partial charge in [-0.25, -0.2) is 4.98 Å². The molecule has 0 aliphatic carbocycles. The number of nitrogens with zero attached hydrogens (tertiary/aromatic N) is 1. The minimum Gasteiger partial charge on any atom is -0.381 e. The van der Waals surface area contributed by atoms with Crippen LogP contribution in [0.5, 0.6) is 0 Å². The molecule has 1 aliphatic rings. The molecule has 0 spiro atoms.